The number of rotatable bonds is 1. The fraction of sp³-hybridized carbons (Fsp3) is 0.900. The van der Waals surface area contributed by atoms with Gasteiger partial charge in [0.25, 0.3) is 0 Å². The first-order chi connectivity index (χ1) is 11.0. The van der Waals surface area contributed by atoms with Gasteiger partial charge in [-0.25, -0.2) is 4.89 Å². The van der Waals surface area contributed by atoms with Crippen molar-refractivity contribution in [3.63, 3.8) is 0 Å². The van der Waals surface area contributed by atoms with Gasteiger partial charge < -0.3 is 9.84 Å². The Labute approximate surface area is 145 Å². The van der Waals surface area contributed by atoms with Gasteiger partial charge in [-0.3, -0.25) is 0 Å². The molecule has 4 nitrogen and oxygen atoms in total. The van der Waals surface area contributed by atoms with Crippen LogP contribution in [0.3, 0.4) is 0 Å². The Morgan fingerprint density at radius 2 is 1.88 bits per heavy atom. The van der Waals surface area contributed by atoms with Gasteiger partial charge in [-0.05, 0) is 69.4 Å². The van der Waals surface area contributed by atoms with Crippen molar-refractivity contribution in [3.05, 3.63) is 11.6 Å². The first kappa shape index (κ1) is 17.0. The highest BCUT2D eigenvalue weighted by Gasteiger charge is 2.72. The predicted octanol–water partition coefficient (Wildman–Crippen LogP) is 4.13. The molecule has 2 saturated carbocycles. The smallest absolute Gasteiger partial charge is 0.250 e. The average Bonchev–Trinajstić information content (AvgIpc) is 2.45. The molecule has 0 unspecified atom stereocenters. The van der Waals surface area contributed by atoms with Gasteiger partial charge >= 0.3 is 0 Å². The van der Waals surface area contributed by atoms with Crippen molar-refractivity contribution in [1.29, 1.82) is 0 Å². The van der Waals surface area contributed by atoms with E-state index >= 15 is 0 Å². The molecule has 3 fully saturated rings. The lowest BCUT2D eigenvalue weighted by Crippen LogP contribution is -2.75. The Balaban J connectivity index is 1.86. The zero-order valence-corrected chi connectivity index (χ0v) is 15.9. The molecule has 4 heteroatoms. The van der Waals surface area contributed by atoms with Gasteiger partial charge in [0.15, 0.2) is 5.60 Å². The SMILES string of the molecule is C[C@@H]1O[C@]2(C(C)(C)O)C=C3CC[C@H]4C(C)(C)CCC[C@]4(C)[C@@]31OO2. The molecule has 136 valence electrons. The predicted molar refractivity (Wildman–Crippen MR) is 91.0 cm³/mol. The van der Waals surface area contributed by atoms with Gasteiger partial charge in [-0.1, -0.05) is 27.2 Å². The second-order valence-corrected chi connectivity index (χ2v) is 9.91. The van der Waals surface area contributed by atoms with Gasteiger partial charge in [-0.15, -0.1) is 0 Å². The third-order valence-corrected chi connectivity index (χ3v) is 7.70. The summed E-state index contributed by atoms with van der Waals surface area (Å²) in [7, 11) is 0. The minimum atomic E-state index is -1.20. The maximum absolute atomic E-state index is 10.6. The summed E-state index contributed by atoms with van der Waals surface area (Å²) in [6.07, 6.45) is 7.67. The van der Waals surface area contributed by atoms with Gasteiger partial charge in [-0.2, -0.15) is 4.89 Å². The van der Waals surface area contributed by atoms with Crippen LogP contribution in [0.5, 0.6) is 0 Å². The van der Waals surface area contributed by atoms with Crippen molar-refractivity contribution in [2.24, 2.45) is 16.7 Å². The van der Waals surface area contributed by atoms with E-state index in [-0.39, 0.29) is 11.5 Å². The molecule has 0 aromatic rings. The van der Waals surface area contributed by atoms with Crippen LogP contribution < -0.4 is 0 Å². The first-order valence-electron chi connectivity index (χ1n) is 9.48. The van der Waals surface area contributed by atoms with Crippen LogP contribution in [0.1, 0.15) is 73.6 Å². The number of fused-ring (bicyclic) bond motifs is 3. The molecule has 1 N–H and O–H groups in total. The van der Waals surface area contributed by atoms with Crippen molar-refractivity contribution in [2.45, 2.75) is 96.7 Å². The number of hydrogen-bond donors (Lipinski definition) is 1. The standard InChI is InChI=1S/C20H32O4/c1-13-20-14(12-19(22-13,23-24-20)17(4,5)21)8-9-15-16(2,3)10-7-11-18(15,20)6/h12-13,15,21H,7-11H2,1-6H3/t13-,15-,18-,19+,20-/m0/s1. The Kier molecular flexibility index (Phi) is 3.29. The summed E-state index contributed by atoms with van der Waals surface area (Å²) in [5.74, 6) is -0.616. The summed E-state index contributed by atoms with van der Waals surface area (Å²) in [5.41, 5.74) is -0.125. The van der Waals surface area contributed by atoms with Gasteiger partial charge in [0.1, 0.15) is 5.60 Å². The highest BCUT2D eigenvalue weighted by molar-refractivity contribution is 5.36. The van der Waals surface area contributed by atoms with E-state index in [0.717, 1.165) is 12.8 Å². The van der Waals surface area contributed by atoms with Crippen molar-refractivity contribution < 1.29 is 19.6 Å². The Hall–Kier alpha value is -0.420. The van der Waals surface area contributed by atoms with E-state index in [4.69, 9.17) is 14.5 Å². The molecule has 1 spiro atoms. The van der Waals surface area contributed by atoms with Crippen LogP contribution in [0.25, 0.3) is 0 Å². The van der Waals surface area contributed by atoms with Crippen LogP contribution in [0.4, 0.5) is 0 Å². The van der Waals surface area contributed by atoms with Gasteiger partial charge in [0.05, 0.1) is 6.10 Å². The molecule has 3 aliphatic heterocycles. The highest BCUT2D eigenvalue weighted by Crippen LogP contribution is 2.68. The van der Waals surface area contributed by atoms with E-state index < -0.39 is 17.0 Å². The van der Waals surface area contributed by atoms with Gasteiger partial charge in [0.2, 0.25) is 5.79 Å². The second kappa shape index (κ2) is 4.64. The Morgan fingerprint density at radius 1 is 1.17 bits per heavy atom. The van der Waals surface area contributed by atoms with Crippen LogP contribution in [-0.2, 0) is 14.5 Å². The third-order valence-electron chi connectivity index (χ3n) is 7.70. The summed E-state index contributed by atoms with van der Waals surface area (Å²) in [5, 5.41) is 10.6. The molecule has 5 atom stereocenters. The minimum absolute atomic E-state index is 0.00950. The van der Waals surface area contributed by atoms with E-state index in [2.05, 4.69) is 27.7 Å². The Morgan fingerprint density at radius 3 is 2.50 bits per heavy atom. The molecule has 0 aromatic carbocycles. The molecular weight excluding hydrogens is 304 g/mol. The van der Waals surface area contributed by atoms with Gasteiger partial charge in [0, 0.05) is 5.41 Å². The highest BCUT2D eigenvalue weighted by atomic mass is 17.3. The van der Waals surface area contributed by atoms with Crippen LogP contribution in [-0.4, -0.2) is 28.2 Å². The molecule has 5 aliphatic rings. The van der Waals surface area contributed by atoms with Crippen molar-refractivity contribution in [1.82, 2.24) is 0 Å². The van der Waals surface area contributed by atoms with E-state index in [1.54, 1.807) is 13.8 Å². The molecule has 1 saturated heterocycles. The number of aliphatic hydroxyl groups is 1. The van der Waals surface area contributed by atoms with Crippen LogP contribution in [0.15, 0.2) is 11.6 Å². The number of ether oxygens (including phenoxy) is 1. The average molecular weight is 336 g/mol. The summed E-state index contributed by atoms with van der Waals surface area (Å²) in [6, 6.07) is 0. The first-order valence-corrected chi connectivity index (χ1v) is 9.48. The number of hydrogen-bond acceptors (Lipinski definition) is 4. The normalized spacial score (nSPS) is 50.0. The minimum Gasteiger partial charge on any atom is -0.384 e. The molecule has 3 heterocycles. The fourth-order valence-electron chi connectivity index (χ4n) is 6.45. The maximum Gasteiger partial charge on any atom is 0.250 e. The summed E-state index contributed by atoms with van der Waals surface area (Å²) < 4.78 is 6.31. The quantitative estimate of drug-likeness (QED) is 0.578. The lowest BCUT2D eigenvalue weighted by Gasteiger charge is -2.68. The topological polar surface area (TPSA) is 47.9 Å². The molecule has 0 amide bonds. The van der Waals surface area contributed by atoms with E-state index in [9.17, 15) is 5.11 Å². The largest absolute Gasteiger partial charge is 0.384 e. The van der Waals surface area contributed by atoms with Crippen molar-refractivity contribution in [2.75, 3.05) is 0 Å². The molecule has 2 bridgehead atoms. The fourth-order valence-corrected chi connectivity index (χ4v) is 6.45. The molecule has 0 aromatic heterocycles. The zero-order chi connectivity index (χ0) is 17.6. The Bertz CT molecular complexity index is 589. The van der Waals surface area contributed by atoms with Crippen molar-refractivity contribution >= 4 is 0 Å². The summed E-state index contributed by atoms with van der Waals surface area (Å²) in [4.78, 5) is 12.0. The summed E-state index contributed by atoms with van der Waals surface area (Å²) in [6.45, 7) is 12.7. The molecular formula is C20H32O4. The maximum atomic E-state index is 10.6. The van der Waals surface area contributed by atoms with E-state index in [0.29, 0.717) is 11.3 Å². The third kappa shape index (κ3) is 1.78. The van der Waals surface area contributed by atoms with Crippen LogP contribution in [0, 0.1) is 16.7 Å². The molecule has 0 radical (unpaired) electrons. The second-order valence-electron chi connectivity index (χ2n) is 9.91. The van der Waals surface area contributed by atoms with E-state index in [1.165, 1.54) is 24.8 Å². The van der Waals surface area contributed by atoms with Crippen LogP contribution in [0.2, 0.25) is 0 Å². The monoisotopic (exact) mass is 336 g/mol. The van der Waals surface area contributed by atoms with E-state index in [1.807, 2.05) is 6.08 Å². The molecule has 2 aliphatic carbocycles. The molecule has 5 rings (SSSR count). The lowest BCUT2D eigenvalue weighted by atomic mass is 9.44. The van der Waals surface area contributed by atoms with Crippen LogP contribution >= 0.6 is 0 Å². The molecule has 24 heavy (non-hydrogen) atoms. The summed E-state index contributed by atoms with van der Waals surface area (Å²) >= 11 is 0. The lowest BCUT2D eigenvalue weighted by molar-refractivity contribution is -0.556. The van der Waals surface area contributed by atoms with Crippen molar-refractivity contribution in [3.8, 4) is 0 Å². The zero-order valence-electron chi connectivity index (χ0n) is 15.9.